The molecule has 0 unspecified atom stereocenters. The van der Waals surface area contributed by atoms with Gasteiger partial charge in [-0.15, -0.1) is 0 Å². The maximum absolute atomic E-state index is 14.4. The molecule has 2 fully saturated rings. The van der Waals surface area contributed by atoms with Gasteiger partial charge in [0.15, 0.2) is 0 Å². The molecule has 0 saturated carbocycles. The minimum atomic E-state index is -0.177. The van der Waals surface area contributed by atoms with Crippen molar-refractivity contribution in [1.29, 1.82) is 0 Å². The van der Waals surface area contributed by atoms with Gasteiger partial charge in [-0.1, -0.05) is 11.6 Å². The summed E-state index contributed by atoms with van der Waals surface area (Å²) in [4.78, 5) is 9.91. The van der Waals surface area contributed by atoms with Gasteiger partial charge in [0.1, 0.15) is 5.82 Å². The maximum atomic E-state index is 14.4. The van der Waals surface area contributed by atoms with Crippen molar-refractivity contribution in [1.82, 2.24) is 9.80 Å². The minimum Gasteiger partial charge on any atom is -0.369 e. The van der Waals surface area contributed by atoms with E-state index in [0.29, 0.717) is 18.5 Å². The molecule has 2 aromatic rings. The lowest BCUT2D eigenvalue weighted by molar-refractivity contribution is 0.209. The summed E-state index contributed by atoms with van der Waals surface area (Å²) in [5.41, 5.74) is 4.59. The van der Waals surface area contributed by atoms with Gasteiger partial charge in [0.25, 0.3) is 0 Å². The molecule has 33 heavy (non-hydrogen) atoms. The zero-order valence-corrected chi connectivity index (χ0v) is 21.3. The second kappa shape index (κ2) is 10.6. The molecule has 2 aliphatic heterocycles. The first-order valence-corrected chi connectivity index (χ1v) is 12.7. The van der Waals surface area contributed by atoms with E-state index in [4.69, 9.17) is 11.6 Å². The van der Waals surface area contributed by atoms with E-state index in [0.717, 1.165) is 68.6 Å². The molecule has 2 heterocycles. The first-order chi connectivity index (χ1) is 15.8. The van der Waals surface area contributed by atoms with E-state index in [1.165, 1.54) is 11.3 Å². The Hall–Kier alpha value is -1.82. The molecule has 0 radical (unpaired) electrons. The number of hydrogen-bond donors (Lipinski definition) is 0. The van der Waals surface area contributed by atoms with Crippen molar-refractivity contribution >= 4 is 23.0 Å². The first-order valence-electron chi connectivity index (χ1n) is 12.4. The number of anilines is 2. The highest BCUT2D eigenvalue weighted by Gasteiger charge is 2.24. The summed E-state index contributed by atoms with van der Waals surface area (Å²) in [5.74, 6) is -0.177. The van der Waals surface area contributed by atoms with Crippen LogP contribution in [0, 0.1) is 5.82 Å². The third kappa shape index (κ3) is 5.82. The maximum Gasteiger partial charge on any atom is 0.123 e. The highest BCUT2D eigenvalue weighted by atomic mass is 35.5. The van der Waals surface area contributed by atoms with Crippen LogP contribution in [0.4, 0.5) is 15.8 Å². The van der Waals surface area contributed by atoms with Gasteiger partial charge < -0.3 is 9.80 Å². The summed E-state index contributed by atoms with van der Waals surface area (Å²) >= 11 is 6.44. The van der Waals surface area contributed by atoms with E-state index < -0.39 is 0 Å². The third-order valence-electron chi connectivity index (χ3n) is 7.23. The number of piperazine rings is 2. The predicted molar refractivity (Wildman–Crippen MR) is 139 cm³/mol. The Morgan fingerprint density at radius 1 is 0.697 bits per heavy atom. The van der Waals surface area contributed by atoms with Crippen LogP contribution in [0.5, 0.6) is 0 Å². The van der Waals surface area contributed by atoms with Crippen LogP contribution in [0.3, 0.4) is 0 Å². The molecule has 4 nitrogen and oxygen atoms in total. The summed E-state index contributed by atoms with van der Waals surface area (Å²) < 4.78 is 14.4. The SMILES string of the molecule is CC(C)N1CCN(c2ccc(F)cc2Cc2cc(Cl)ccc2N2CCN(C(C)C)CC2)CC1. The standard InChI is InChI=1S/C27H38ClFN4/c1-20(2)30-9-13-32(14-10-30)26-7-5-24(28)18-22(26)17-23-19-25(29)6-8-27(23)33-15-11-31(12-16-33)21(3)4/h5-8,18-21H,9-17H2,1-4H3. The zero-order valence-electron chi connectivity index (χ0n) is 20.5. The average Bonchev–Trinajstić information content (AvgIpc) is 2.79. The molecule has 4 rings (SSSR count). The molecule has 0 amide bonds. The number of rotatable bonds is 6. The fourth-order valence-electron chi connectivity index (χ4n) is 5.17. The lowest BCUT2D eigenvalue weighted by Gasteiger charge is -2.39. The van der Waals surface area contributed by atoms with E-state index in [1.807, 2.05) is 12.1 Å². The Morgan fingerprint density at radius 3 is 1.64 bits per heavy atom. The van der Waals surface area contributed by atoms with E-state index in [9.17, 15) is 4.39 Å². The van der Waals surface area contributed by atoms with Crippen LogP contribution in [0.1, 0.15) is 38.8 Å². The molecule has 0 aliphatic carbocycles. The molecule has 0 aromatic heterocycles. The van der Waals surface area contributed by atoms with Crippen LogP contribution in [-0.4, -0.2) is 74.2 Å². The van der Waals surface area contributed by atoms with Crippen LogP contribution in [0.25, 0.3) is 0 Å². The smallest absolute Gasteiger partial charge is 0.123 e. The van der Waals surface area contributed by atoms with Crippen molar-refractivity contribution in [2.75, 3.05) is 62.2 Å². The Morgan fingerprint density at radius 2 is 1.15 bits per heavy atom. The van der Waals surface area contributed by atoms with Gasteiger partial charge >= 0.3 is 0 Å². The molecule has 2 aliphatic rings. The third-order valence-corrected chi connectivity index (χ3v) is 7.47. The summed E-state index contributed by atoms with van der Waals surface area (Å²) in [6.45, 7) is 17.2. The van der Waals surface area contributed by atoms with Crippen molar-refractivity contribution in [3.05, 3.63) is 58.4 Å². The van der Waals surface area contributed by atoms with Gasteiger partial charge in [-0.2, -0.15) is 0 Å². The van der Waals surface area contributed by atoms with Crippen LogP contribution in [-0.2, 0) is 6.42 Å². The van der Waals surface area contributed by atoms with Gasteiger partial charge in [-0.3, -0.25) is 9.80 Å². The van der Waals surface area contributed by atoms with E-state index in [2.05, 4.69) is 59.4 Å². The normalized spacial score (nSPS) is 18.5. The van der Waals surface area contributed by atoms with E-state index in [-0.39, 0.29) is 5.82 Å². The first kappa shape index (κ1) is 24.3. The highest BCUT2D eigenvalue weighted by molar-refractivity contribution is 6.30. The van der Waals surface area contributed by atoms with Gasteiger partial charge in [0.2, 0.25) is 0 Å². The van der Waals surface area contributed by atoms with Gasteiger partial charge in [0, 0.05) is 87.3 Å². The monoisotopic (exact) mass is 472 g/mol. The molecule has 0 bridgehead atoms. The quantitative estimate of drug-likeness (QED) is 0.577. The Bertz CT molecular complexity index is 856. The van der Waals surface area contributed by atoms with Gasteiger partial charge in [-0.05, 0) is 75.2 Å². The van der Waals surface area contributed by atoms with Crippen molar-refractivity contribution < 1.29 is 4.39 Å². The molecule has 0 atom stereocenters. The molecule has 2 saturated heterocycles. The molecule has 2 aromatic carbocycles. The Balaban J connectivity index is 1.57. The summed E-state index contributed by atoms with van der Waals surface area (Å²) in [6.07, 6.45) is 0.678. The molecule has 0 N–H and O–H groups in total. The molecule has 6 heteroatoms. The second-order valence-electron chi connectivity index (χ2n) is 9.96. The lowest BCUT2D eigenvalue weighted by Crippen LogP contribution is -2.49. The fourth-order valence-corrected chi connectivity index (χ4v) is 5.37. The number of nitrogens with zero attached hydrogens (tertiary/aromatic N) is 4. The Kier molecular flexibility index (Phi) is 7.83. The largest absolute Gasteiger partial charge is 0.369 e. The number of benzene rings is 2. The van der Waals surface area contributed by atoms with Crippen LogP contribution < -0.4 is 9.80 Å². The van der Waals surface area contributed by atoms with E-state index >= 15 is 0 Å². The number of hydrogen-bond acceptors (Lipinski definition) is 4. The average molecular weight is 473 g/mol. The van der Waals surface area contributed by atoms with Crippen molar-refractivity contribution in [2.24, 2.45) is 0 Å². The predicted octanol–water partition coefficient (Wildman–Crippen LogP) is 5.13. The number of halogens is 2. The second-order valence-corrected chi connectivity index (χ2v) is 10.4. The van der Waals surface area contributed by atoms with Crippen LogP contribution in [0.2, 0.25) is 5.02 Å². The Labute approximate surface area is 203 Å². The lowest BCUT2D eigenvalue weighted by atomic mass is 9.99. The summed E-state index contributed by atoms with van der Waals surface area (Å²) in [5, 5.41) is 0.734. The van der Waals surface area contributed by atoms with Crippen LogP contribution >= 0.6 is 11.6 Å². The summed E-state index contributed by atoms with van der Waals surface area (Å²) in [6, 6.07) is 12.6. The van der Waals surface area contributed by atoms with Crippen LogP contribution in [0.15, 0.2) is 36.4 Å². The van der Waals surface area contributed by atoms with Gasteiger partial charge in [-0.25, -0.2) is 4.39 Å². The zero-order chi connectivity index (χ0) is 23.5. The fraction of sp³-hybridized carbons (Fsp3) is 0.556. The van der Waals surface area contributed by atoms with E-state index in [1.54, 1.807) is 12.1 Å². The molecule has 180 valence electrons. The minimum absolute atomic E-state index is 0.177. The van der Waals surface area contributed by atoms with Gasteiger partial charge in [0.05, 0.1) is 0 Å². The van der Waals surface area contributed by atoms with Crippen molar-refractivity contribution in [3.8, 4) is 0 Å². The van der Waals surface area contributed by atoms with Crippen molar-refractivity contribution in [3.63, 3.8) is 0 Å². The molecular formula is C27H38ClFN4. The highest BCUT2D eigenvalue weighted by Crippen LogP contribution is 2.32. The molecular weight excluding hydrogens is 435 g/mol. The van der Waals surface area contributed by atoms with Crippen molar-refractivity contribution in [2.45, 2.75) is 46.2 Å². The topological polar surface area (TPSA) is 13.0 Å². The summed E-state index contributed by atoms with van der Waals surface area (Å²) in [7, 11) is 0. The molecule has 0 spiro atoms.